The first kappa shape index (κ1) is 26.5. The van der Waals surface area contributed by atoms with Gasteiger partial charge in [-0.15, -0.1) is 0 Å². The molecule has 184 valence electrons. The summed E-state index contributed by atoms with van der Waals surface area (Å²) in [5.74, 6) is -0.184. The fourth-order valence-electron chi connectivity index (χ4n) is 4.05. The third-order valence-electron chi connectivity index (χ3n) is 6.44. The van der Waals surface area contributed by atoms with E-state index in [0.29, 0.717) is 24.4 Å². The second kappa shape index (κ2) is 13.1. The van der Waals surface area contributed by atoms with E-state index in [0.717, 1.165) is 28.7 Å². The summed E-state index contributed by atoms with van der Waals surface area (Å²) in [5.41, 5.74) is 4.08. The minimum atomic E-state index is -0.621. The van der Waals surface area contributed by atoms with Gasteiger partial charge in [0, 0.05) is 30.5 Å². The van der Waals surface area contributed by atoms with Crippen LogP contribution in [0.4, 0.5) is 0 Å². The van der Waals surface area contributed by atoms with Gasteiger partial charge in [0.05, 0.1) is 0 Å². The predicted octanol–water partition coefficient (Wildman–Crippen LogP) is 6.14. The van der Waals surface area contributed by atoms with E-state index in [1.165, 1.54) is 0 Å². The molecule has 5 heteroatoms. The van der Waals surface area contributed by atoms with Gasteiger partial charge in [-0.25, -0.2) is 0 Å². The summed E-state index contributed by atoms with van der Waals surface area (Å²) in [6, 6.07) is 24.9. The van der Waals surface area contributed by atoms with E-state index in [9.17, 15) is 9.59 Å². The Bertz CT molecular complexity index is 1120. The molecule has 0 bridgehead atoms. The molecule has 0 heterocycles. The molecule has 35 heavy (non-hydrogen) atoms. The Balaban J connectivity index is 1.93. The summed E-state index contributed by atoms with van der Waals surface area (Å²) in [4.78, 5) is 29.0. The van der Waals surface area contributed by atoms with Gasteiger partial charge in [-0.05, 0) is 55.0 Å². The summed E-state index contributed by atoms with van der Waals surface area (Å²) in [7, 11) is 0. The lowest BCUT2D eigenvalue weighted by Gasteiger charge is -2.33. The molecule has 0 spiro atoms. The third kappa shape index (κ3) is 7.69. The van der Waals surface area contributed by atoms with Crippen LogP contribution in [0.1, 0.15) is 48.9 Å². The first-order chi connectivity index (χ1) is 16.9. The smallest absolute Gasteiger partial charge is 0.243 e. The van der Waals surface area contributed by atoms with Crippen molar-refractivity contribution in [2.75, 3.05) is 0 Å². The molecule has 0 unspecified atom stereocenters. The van der Waals surface area contributed by atoms with Gasteiger partial charge in [-0.2, -0.15) is 0 Å². The zero-order chi connectivity index (χ0) is 25.2. The normalized spacial score (nSPS) is 12.6. The maximum atomic E-state index is 13.7. The van der Waals surface area contributed by atoms with Crippen LogP contribution in [0.5, 0.6) is 0 Å². The van der Waals surface area contributed by atoms with Gasteiger partial charge in [-0.3, -0.25) is 9.59 Å². The summed E-state index contributed by atoms with van der Waals surface area (Å²) in [6.45, 7) is 6.44. The van der Waals surface area contributed by atoms with E-state index in [2.05, 4.69) is 5.32 Å². The monoisotopic (exact) mass is 490 g/mol. The molecular weight excluding hydrogens is 456 g/mol. The number of nitrogens with zero attached hydrogens (tertiary/aromatic N) is 1. The van der Waals surface area contributed by atoms with Crippen molar-refractivity contribution in [1.82, 2.24) is 10.2 Å². The molecule has 2 atom stereocenters. The highest BCUT2D eigenvalue weighted by atomic mass is 35.5. The quantitative estimate of drug-likeness (QED) is 0.351. The van der Waals surface area contributed by atoms with Gasteiger partial charge in [-0.1, -0.05) is 91.3 Å². The molecule has 0 aromatic heterocycles. The lowest BCUT2D eigenvalue weighted by Crippen LogP contribution is -2.52. The Labute approximate surface area is 214 Å². The van der Waals surface area contributed by atoms with Crippen molar-refractivity contribution in [2.24, 2.45) is 0 Å². The van der Waals surface area contributed by atoms with Crippen LogP contribution in [0.25, 0.3) is 0 Å². The highest BCUT2D eigenvalue weighted by Gasteiger charge is 2.31. The predicted molar refractivity (Wildman–Crippen MR) is 143 cm³/mol. The average molecular weight is 491 g/mol. The third-order valence-corrected chi connectivity index (χ3v) is 6.81. The molecule has 0 aliphatic rings. The molecule has 2 amide bonds. The van der Waals surface area contributed by atoms with Gasteiger partial charge >= 0.3 is 0 Å². The molecule has 0 saturated carbocycles. The maximum absolute atomic E-state index is 13.7. The number of halogens is 1. The molecule has 0 fully saturated rings. The average Bonchev–Trinajstić information content (AvgIpc) is 2.87. The van der Waals surface area contributed by atoms with Crippen LogP contribution in [-0.4, -0.2) is 28.8 Å². The van der Waals surface area contributed by atoms with Crippen molar-refractivity contribution in [3.63, 3.8) is 0 Å². The first-order valence-corrected chi connectivity index (χ1v) is 12.7. The SMILES string of the molecule is CC[C@H](C)NC(=O)[C@H](Cc1ccccc1)N(Cc1ccccc1C)C(=O)CCc1ccccc1Cl. The Morgan fingerprint density at radius 1 is 0.914 bits per heavy atom. The zero-order valence-electron chi connectivity index (χ0n) is 20.8. The van der Waals surface area contributed by atoms with Crippen molar-refractivity contribution in [3.8, 4) is 0 Å². The van der Waals surface area contributed by atoms with Crippen molar-refractivity contribution in [1.29, 1.82) is 0 Å². The number of nitrogens with one attached hydrogen (secondary N) is 1. The Morgan fingerprint density at radius 3 is 2.20 bits per heavy atom. The van der Waals surface area contributed by atoms with Crippen molar-refractivity contribution < 1.29 is 9.59 Å². The summed E-state index contributed by atoms with van der Waals surface area (Å²) in [5, 5.41) is 3.77. The van der Waals surface area contributed by atoms with E-state index >= 15 is 0 Å². The summed E-state index contributed by atoms with van der Waals surface area (Å²) in [6.07, 6.45) is 2.07. The molecule has 0 saturated heterocycles. The lowest BCUT2D eigenvalue weighted by atomic mass is 10.00. The number of carbonyl (C=O) groups is 2. The van der Waals surface area contributed by atoms with Gasteiger partial charge in [0.15, 0.2) is 0 Å². The Kier molecular flexibility index (Phi) is 9.92. The zero-order valence-corrected chi connectivity index (χ0v) is 21.6. The fourth-order valence-corrected chi connectivity index (χ4v) is 4.28. The van der Waals surface area contributed by atoms with Crippen LogP contribution in [0.15, 0.2) is 78.9 Å². The summed E-state index contributed by atoms with van der Waals surface area (Å²) >= 11 is 6.34. The number of hydrogen-bond donors (Lipinski definition) is 1. The largest absolute Gasteiger partial charge is 0.352 e. The van der Waals surface area contributed by atoms with Crippen LogP contribution in [0.3, 0.4) is 0 Å². The van der Waals surface area contributed by atoms with Gasteiger partial charge in [0.25, 0.3) is 0 Å². The molecule has 0 aliphatic carbocycles. The highest BCUT2D eigenvalue weighted by Crippen LogP contribution is 2.21. The number of amides is 2. The fraction of sp³-hybridized carbons (Fsp3) is 0.333. The van der Waals surface area contributed by atoms with Crippen LogP contribution < -0.4 is 5.32 Å². The number of hydrogen-bond acceptors (Lipinski definition) is 2. The topological polar surface area (TPSA) is 49.4 Å². The highest BCUT2D eigenvalue weighted by molar-refractivity contribution is 6.31. The number of carbonyl (C=O) groups excluding carboxylic acids is 2. The second-order valence-corrected chi connectivity index (χ2v) is 9.47. The first-order valence-electron chi connectivity index (χ1n) is 12.3. The lowest BCUT2D eigenvalue weighted by molar-refractivity contribution is -0.141. The van der Waals surface area contributed by atoms with Crippen LogP contribution in [-0.2, 0) is 29.0 Å². The second-order valence-electron chi connectivity index (χ2n) is 9.06. The van der Waals surface area contributed by atoms with E-state index in [-0.39, 0.29) is 24.3 Å². The van der Waals surface area contributed by atoms with Crippen molar-refractivity contribution >= 4 is 23.4 Å². The molecular formula is C30H35ClN2O2. The number of aryl methyl sites for hydroxylation is 2. The molecule has 3 aromatic carbocycles. The van der Waals surface area contributed by atoms with Gasteiger partial charge in [0.1, 0.15) is 6.04 Å². The van der Waals surface area contributed by atoms with Crippen LogP contribution in [0.2, 0.25) is 5.02 Å². The van der Waals surface area contributed by atoms with Crippen molar-refractivity contribution in [3.05, 3.63) is 106 Å². The molecule has 3 aromatic rings. The molecule has 0 radical (unpaired) electrons. The Morgan fingerprint density at radius 2 is 1.54 bits per heavy atom. The van der Waals surface area contributed by atoms with Gasteiger partial charge < -0.3 is 10.2 Å². The standard InChI is InChI=1S/C30H35ClN2O2/c1-4-23(3)32-30(35)28(20-24-13-6-5-7-14-24)33(21-26-16-9-8-12-22(26)2)29(34)19-18-25-15-10-11-17-27(25)31/h5-17,23,28H,4,18-21H2,1-3H3,(H,32,35)/t23-,28-/m0/s1. The van der Waals surface area contributed by atoms with Gasteiger partial charge in [0.2, 0.25) is 11.8 Å². The molecule has 3 rings (SSSR count). The summed E-state index contributed by atoms with van der Waals surface area (Å²) < 4.78 is 0. The van der Waals surface area contributed by atoms with Crippen LogP contribution >= 0.6 is 11.6 Å². The van der Waals surface area contributed by atoms with Crippen LogP contribution in [0, 0.1) is 6.92 Å². The maximum Gasteiger partial charge on any atom is 0.243 e. The molecule has 0 aliphatic heterocycles. The van der Waals surface area contributed by atoms with E-state index in [1.54, 1.807) is 4.90 Å². The molecule has 1 N–H and O–H groups in total. The number of rotatable bonds is 11. The Hall–Kier alpha value is -3.11. The minimum absolute atomic E-state index is 0.0271. The van der Waals surface area contributed by atoms with E-state index < -0.39 is 6.04 Å². The molecule has 4 nitrogen and oxygen atoms in total. The minimum Gasteiger partial charge on any atom is -0.352 e. The van der Waals surface area contributed by atoms with E-state index in [1.807, 2.05) is 99.6 Å². The van der Waals surface area contributed by atoms with E-state index in [4.69, 9.17) is 11.6 Å². The van der Waals surface area contributed by atoms with Crippen molar-refractivity contribution in [2.45, 2.75) is 65.1 Å². The number of benzene rings is 3.